The Morgan fingerprint density at radius 3 is 2.62 bits per heavy atom. The van der Waals surface area contributed by atoms with Crippen molar-refractivity contribution >= 4 is 17.3 Å². The Balaban J connectivity index is 2.15. The molecule has 0 aromatic heterocycles. The molecule has 2 aromatic carbocycles. The van der Waals surface area contributed by atoms with Gasteiger partial charge in [0.2, 0.25) is 0 Å². The van der Waals surface area contributed by atoms with Crippen LogP contribution in [-0.2, 0) is 6.54 Å². The van der Waals surface area contributed by atoms with Gasteiger partial charge in [0, 0.05) is 12.6 Å². The highest BCUT2D eigenvalue weighted by Gasteiger charge is 2.05. The zero-order valence-electron chi connectivity index (χ0n) is 11.8. The van der Waals surface area contributed by atoms with E-state index in [4.69, 9.17) is 26.3 Å². The van der Waals surface area contributed by atoms with Crippen LogP contribution in [0.25, 0.3) is 0 Å². The fourth-order valence-electron chi connectivity index (χ4n) is 1.92. The van der Waals surface area contributed by atoms with Gasteiger partial charge < -0.3 is 14.8 Å². The zero-order valence-corrected chi connectivity index (χ0v) is 12.6. The van der Waals surface area contributed by atoms with Crippen LogP contribution in [-0.4, -0.2) is 14.2 Å². The monoisotopic (exact) mass is 302 g/mol. The van der Waals surface area contributed by atoms with E-state index in [1.54, 1.807) is 38.5 Å². The molecule has 0 atom stereocenters. The molecule has 0 aliphatic carbocycles. The maximum Gasteiger partial charge on any atom is 0.136 e. The Hall–Kier alpha value is -2.38. The van der Waals surface area contributed by atoms with E-state index in [-0.39, 0.29) is 0 Å². The number of rotatable bonds is 5. The lowest BCUT2D eigenvalue weighted by atomic mass is 10.1. The molecule has 1 N–H and O–H groups in total. The second-order valence-corrected chi connectivity index (χ2v) is 4.75. The molecule has 0 amide bonds. The molecule has 0 aliphatic heterocycles. The van der Waals surface area contributed by atoms with Crippen molar-refractivity contribution in [3.63, 3.8) is 0 Å². The van der Waals surface area contributed by atoms with Crippen LogP contribution >= 0.6 is 11.6 Å². The third-order valence-electron chi connectivity index (χ3n) is 3.04. The Labute approximate surface area is 128 Å². The topological polar surface area (TPSA) is 54.3 Å². The van der Waals surface area contributed by atoms with Crippen molar-refractivity contribution in [1.82, 2.24) is 0 Å². The molecular formula is C16H15ClN2O2. The van der Waals surface area contributed by atoms with Gasteiger partial charge >= 0.3 is 0 Å². The Bertz CT molecular complexity index is 680. The van der Waals surface area contributed by atoms with Gasteiger partial charge in [-0.1, -0.05) is 17.7 Å². The first kappa shape index (κ1) is 15.0. The highest BCUT2D eigenvalue weighted by molar-refractivity contribution is 6.33. The van der Waals surface area contributed by atoms with Crippen molar-refractivity contribution < 1.29 is 9.47 Å². The molecule has 108 valence electrons. The van der Waals surface area contributed by atoms with Crippen molar-refractivity contribution in [3.8, 4) is 17.6 Å². The Morgan fingerprint density at radius 1 is 1.14 bits per heavy atom. The van der Waals surface area contributed by atoms with E-state index in [1.807, 2.05) is 12.1 Å². The van der Waals surface area contributed by atoms with Crippen LogP contribution in [0.2, 0.25) is 5.02 Å². The number of benzene rings is 2. The number of nitrogens with zero attached hydrogens (tertiary/aromatic N) is 1. The summed E-state index contributed by atoms with van der Waals surface area (Å²) in [5.41, 5.74) is 2.25. The van der Waals surface area contributed by atoms with Gasteiger partial charge in [0.15, 0.2) is 0 Å². The average molecular weight is 303 g/mol. The van der Waals surface area contributed by atoms with E-state index in [0.29, 0.717) is 22.9 Å². The van der Waals surface area contributed by atoms with Gasteiger partial charge in [-0.2, -0.15) is 5.26 Å². The fraction of sp³-hybridized carbons (Fsp3) is 0.188. The smallest absolute Gasteiger partial charge is 0.136 e. The lowest BCUT2D eigenvalue weighted by Crippen LogP contribution is -2.01. The van der Waals surface area contributed by atoms with Crippen molar-refractivity contribution in [2.45, 2.75) is 6.54 Å². The summed E-state index contributed by atoms with van der Waals surface area (Å²) in [4.78, 5) is 0. The maximum absolute atomic E-state index is 9.08. The zero-order chi connectivity index (χ0) is 15.2. The number of halogens is 1. The van der Waals surface area contributed by atoms with E-state index < -0.39 is 0 Å². The predicted octanol–water partition coefficient (Wildman–Crippen LogP) is 3.84. The van der Waals surface area contributed by atoms with E-state index in [0.717, 1.165) is 17.0 Å². The van der Waals surface area contributed by atoms with Crippen LogP contribution in [0.5, 0.6) is 11.5 Å². The van der Waals surface area contributed by atoms with Crippen molar-refractivity contribution in [3.05, 3.63) is 52.5 Å². The molecule has 0 unspecified atom stereocenters. The third kappa shape index (κ3) is 3.59. The largest absolute Gasteiger partial charge is 0.497 e. The first-order valence-electron chi connectivity index (χ1n) is 6.32. The normalized spacial score (nSPS) is 9.81. The number of hydrogen-bond donors (Lipinski definition) is 1. The van der Waals surface area contributed by atoms with E-state index in [1.165, 1.54) is 0 Å². The minimum absolute atomic E-state index is 0.508. The fourth-order valence-corrected chi connectivity index (χ4v) is 2.10. The summed E-state index contributed by atoms with van der Waals surface area (Å²) in [5.74, 6) is 1.30. The molecule has 0 heterocycles. The molecule has 5 heteroatoms. The average Bonchev–Trinajstić information content (AvgIpc) is 2.53. The summed E-state index contributed by atoms with van der Waals surface area (Å²) in [6.07, 6.45) is 0. The summed E-state index contributed by atoms with van der Waals surface area (Å²) in [7, 11) is 3.15. The van der Waals surface area contributed by atoms with Gasteiger partial charge in [0.25, 0.3) is 0 Å². The molecule has 0 fully saturated rings. The number of anilines is 1. The molecule has 0 spiro atoms. The number of ether oxygens (including phenoxy) is 2. The first-order valence-corrected chi connectivity index (χ1v) is 6.70. The van der Waals surface area contributed by atoms with Crippen molar-refractivity contribution in [2.24, 2.45) is 0 Å². The lowest BCUT2D eigenvalue weighted by molar-refractivity contribution is 0.413. The SMILES string of the molecule is COc1ccc(Cl)c(NCc2ccc(OC)c(C#N)c2)c1. The highest BCUT2D eigenvalue weighted by Crippen LogP contribution is 2.27. The van der Waals surface area contributed by atoms with Crippen LogP contribution < -0.4 is 14.8 Å². The van der Waals surface area contributed by atoms with Gasteiger partial charge in [-0.05, 0) is 29.8 Å². The summed E-state index contributed by atoms with van der Waals surface area (Å²) in [6.45, 7) is 0.547. The quantitative estimate of drug-likeness (QED) is 0.911. The first-order chi connectivity index (χ1) is 10.2. The lowest BCUT2D eigenvalue weighted by Gasteiger charge is -2.11. The maximum atomic E-state index is 9.08. The highest BCUT2D eigenvalue weighted by atomic mass is 35.5. The minimum atomic E-state index is 0.508. The van der Waals surface area contributed by atoms with Crippen LogP contribution in [0, 0.1) is 11.3 Å². The molecule has 2 rings (SSSR count). The number of hydrogen-bond acceptors (Lipinski definition) is 4. The second-order valence-electron chi connectivity index (χ2n) is 4.35. The predicted molar refractivity (Wildman–Crippen MR) is 83.0 cm³/mol. The van der Waals surface area contributed by atoms with Crippen LogP contribution in [0.1, 0.15) is 11.1 Å². The van der Waals surface area contributed by atoms with E-state index in [9.17, 15) is 0 Å². The van der Waals surface area contributed by atoms with Crippen LogP contribution in [0.15, 0.2) is 36.4 Å². The number of nitrogens with one attached hydrogen (secondary N) is 1. The second kappa shape index (κ2) is 6.87. The summed E-state index contributed by atoms with van der Waals surface area (Å²) < 4.78 is 10.3. The molecule has 0 bridgehead atoms. The molecule has 4 nitrogen and oxygen atoms in total. The number of nitriles is 1. The van der Waals surface area contributed by atoms with Gasteiger partial charge in [0.05, 0.1) is 30.5 Å². The number of methoxy groups -OCH3 is 2. The standard InChI is InChI=1S/C16H15ClN2O2/c1-20-13-4-5-14(17)15(8-13)19-10-11-3-6-16(21-2)12(7-11)9-18/h3-8,19H,10H2,1-2H3. The van der Waals surface area contributed by atoms with Gasteiger partial charge in [-0.15, -0.1) is 0 Å². The van der Waals surface area contributed by atoms with Crippen molar-refractivity contribution in [1.29, 1.82) is 5.26 Å². The van der Waals surface area contributed by atoms with Crippen molar-refractivity contribution in [2.75, 3.05) is 19.5 Å². The summed E-state index contributed by atoms with van der Waals surface area (Å²) >= 11 is 6.14. The molecule has 0 aliphatic rings. The third-order valence-corrected chi connectivity index (χ3v) is 3.37. The minimum Gasteiger partial charge on any atom is -0.497 e. The molecule has 0 saturated carbocycles. The Kier molecular flexibility index (Phi) is 4.91. The van der Waals surface area contributed by atoms with Gasteiger partial charge in [0.1, 0.15) is 17.6 Å². The van der Waals surface area contributed by atoms with Gasteiger partial charge in [-0.25, -0.2) is 0 Å². The van der Waals surface area contributed by atoms with E-state index >= 15 is 0 Å². The molecule has 21 heavy (non-hydrogen) atoms. The van der Waals surface area contributed by atoms with E-state index in [2.05, 4.69) is 11.4 Å². The molecule has 0 saturated heterocycles. The molecular weight excluding hydrogens is 288 g/mol. The van der Waals surface area contributed by atoms with Gasteiger partial charge in [-0.3, -0.25) is 0 Å². The van der Waals surface area contributed by atoms with Crippen LogP contribution in [0.4, 0.5) is 5.69 Å². The van der Waals surface area contributed by atoms with Crippen LogP contribution in [0.3, 0.4) is 0 Å². The molecule has 0 radical (unpaired) electrons. The summed E-state index contributed by atoms with van der Waals surface area (Å²) in [5, 5.41) is 12.9. The Morgan fingerprint density at radius 2 is 1.95 bits per heavy atom. The summed E-state index contributed by atoms with van der Waals surface area (Å²) in [6, 6.07) is 13.0. The molecule has 2 aromatic rings.